The maximum absolute atomic E-state index is 13.2. The fourth-order valence-corrected chi connectivity index (χ4v) is 4.72. The standard InChI is InChI=1S/C21H25FN2O4S/c1-15(2)20(16-6-8-18(22)9-7-16)23-21(25)17-4-3-5-19(14-17)29(26,27)24-10-12-28-13-11-24/h3-9,14-15,20H,10-13H2,1-2H3,(H,23,25). The minimum Gasteiger partial charge on any atom is -0.379 e. The normalized spacial score (nSPS) is 16.6. The summed E-state index contributed by atoms with van der Waals surface area (Å²) >= 11 is 0. The molecule has 29 heavy (non-hydrogen) atoms. The Hall–Kier alpha value is -2.29. The van der Waals surface area contributed by atoms with Gasteiger partial charge in [-0.15, -0.1) is 0 Å². The van der Waals surface area contributed by atoms with Gasteiger partial charge in [0.05, 0.1) is 24.2 Å². The number of amides is 1. The number of hydrogen-bond acceptors (Lipinski definition) is 4. The highest BCUT2D eigenvalue weighted by Gasteiger charge is 2.27. The van der Waals surface area contributed by atoms with Gasteiger partial charge in [-0.1, -0.05) is 32.0 Å². The van der Waals surface area contributed by atoms with Crippen molar-refractivity contribution in [1.29, 1.82) is 0 Å². The van der Waals surface area contributed by atoms with Crippen LogP contribution < -0.4 is 5.32 Å². The lowest BCUT2D eigenvalue weighted by atomic mass is 9.95. The lowest BCUT2D eigenvalue weighted by Crippen LogP contribution is -2.40. The van der Waals surface area contributed by atoms with E-state index in [9.17, 15) is 17.6 Å². The zero-order chi connectivity index (χ0) is 21.0. The Labute approximate surface area is 170 Å². The second kappa shape index (κ2) is 9.02. The number of benzene rings is 2. The van der Waals surface area contributed by atoms with Crippen LogP contribution in [0, 0.1) is 11.7 Å². The summed E-state index contributed by atoms with van der Waals surface area (Å²) in [4.78, 5) is 12.9. The summed E-state index contributed by atoms with van der Waals surface area (Å²) in [7, 11) is -3.69. The summed E-state index contributed by atoms with van der Waals surface area (Å²) in [5.74, 6) is -0.666. The Balaban J connectivity index is 1.82. The molecule has 1 unspecified atom stereocenters. The summed E-state index contributed by atoms with van der Waals surface area (Å²) in [6, 6.07) is 11.7. The van der Waals surface area contributed by atoms with E-state index in [1.165, 1.54) is 28.6 Å². The van der Waals surface area contributed by atoms with Gasteiger partial charge in [0.25, 0.3) is 5.91 Å². The molecule has 1 fully saturated rings. The first-order chi connectivity index (χ1) is 13.8. The van der Waals surface area contributed by atoms with Crippen molar-refractivity contribution >= 4 is 15.9 Å². The summed E-state index contributed by atoms with van der Waals surface area (Å²) < 4.78 is 45.5. The lowest BCUT2D eigenvalue weighted by Gasteiger charge is -2.26. The fourth-order valence-electron chi connectivity index (χ4n) is 3.26. The van der Waals surface area contributed by atoms with Crippen LogP contribution in [0.3, 0.4) is 0 Å². The number of hydrogen-bond donors (Lipinski definition) is 1. The van der Waals surface area contributed by atoms with Gasteiger partial charge in [0.2, 0.25) is 10.0 Å². The Morgan fingerprint density at radius 1 is 1.10 bits per heavy atom. The Bertz CT molecular complexity index is 955. The molecule has 2 aromatic carbocycles. The lowest BCUT2D eigenvalue weighted by molar-refractivity contribution is 0.0730. The van der Waals surface area contributed by atoms with E-state index in [0.717, 1.165) is 5.56 Å². The summed E-state index contributed by atoms with van der Waals surface area (Å²) in [5, 5.41) is 2.94. The van der Waals surface area contributed by atoms with Gasteiger partial charge in [0.15, 0.2) is 0 Å². The van der Waals surface area contributed by atoms with Gasteiger partial charge in [-0.05, 0) is 41.8 Å². The van der Waals surface area contributed by atoms with Crippen LogP contribution >= 0.6 is 0 Å². The molecule has 1 N–H and O–H groups in total. The molecule has 2 aromatic rings. The van der Waals surface area contributed by atoms with E-state index < -0.39 is 10.0 Å². The van der Waals surface area contributed by atoms with Crippen molar-refractivity contribution in [3.05, 3.63) is 65.5 Å². The van der Waals surface area contributed by atoms with E-state index in [4.69, 9.17) is 4.74 Å². The zero-order valence-electron chi connectivity index (χ0n) is 16.5. The molecule has 1 amide bonds. The first-order valence-corrected chi connectivity index (χ1v) is 11.0. The van der Waals surface area contributed by atoms with Gasteiger partial charge in [-0.3, -0.25) is 4.79 Å². The summed E-state index contributed by atoms with van der Waals surface area (Å²) in [5.41, 5.74) is 1.04. The van der Waals surface area contributed by atoms with E-state index in [-0.39, 0.29) is 34.1 Å². The molecule has 6 nitrogen and oxygen atoms in total. The molecule has 1 aliphatic rings. The van der Waals surface area contributed by atoms with Gasteiger partial charge >= 0.3 is 0 Å². The second-order valence-corrected chi connectivity index (χ2v) is 9.23. The van der Waals surface area contributed by atoms with Gasteiger partial charge in [0, 0.05) is 18.7 Å². The van der Waals surface area contributed by atoms with E-state index in [1.54, 1.807) is 24.3 Å². The van der Waals surface area contributed by atoms with Crippen molar-refractivity contribution in [2.75, 3.05) is 26.3 Å². The number of nitrogens with one attached hydrogen (secondary N) is 1. The van der Waals surface area contributed by atoms with Crippen LogP contribution in [-0.4, -0.2) is 44.9 Å². The SMILES string of the molecule is CC(C)C(NC(=O)c1cccc(S(=O)(=O)N2CCOCC2)c1)c1ccc(F)cc1. The third-order valence-electron chi connectivity index (χ3n) is 4.89. The number of rotatable bonds is 6. The molecule has 1 atom stereocenters. The molecule has 1 saturated heterocycles. The molecular formula is C21H25FN2O4S. The molecular weight excluding hydrogens is 395 g/mol. The first-order valence-electron chi connectivity index (χ1n) is 9.53. The molecule has 156 valence electrons. The Kier molecular flexibility index (Phi) is 6.66. The molecule has 0 aliphatic carbocycles. The molecule has 8 heteroatoms. The predicted molar refractivity (Wildman–Crippen MR) is 107 cm³/mol. The van der Waals surface area contributed by atoms with E-state index in [2.05, 4.69) is 5.32 Å². The highest BCUT2D eigenvalue weighted by molar-refractivity contribution is 7.89. The molecule has 3 rings (SSSR count). The van der Waals surface area contributed by atoms with Crippen LogP contribution in [-0.2, 0) is 14.8 Å². The van der Waals surface area contributed by atoms with Crippen molar-refractivity contribution in [2.24, 2.45) is 5.92 Å². The third-order valence-corrected chi connectivity index (χ3v) is 6.78. The number of ether oxygens (including phenoxy) is 1. The minimum absolute atomic E-state index is 0.0599. The number of sulfonamides is 1. The fraction of sp³-hybridized carbons (Fsp3) is 0.381. The quantitative estimate of drug-likeness (QED) is 0.780. The predicted octanol–water partition coefficient (Wildman–Crippen LogP) is 2.97. The molecule has 0 aromatic heterocycles. The largest absolute Gasteiger partial charge is 0.379 e. The van der Waals surface area contributed by atoms with Crippen LogP contribution in [0.2, 0.25) is 0 Å². The molecule has 0 bridgehead atoms. The van der Waals surface area contributed by atoms with Gasteiger partial charge in [-0.25, -0.2) is 12.8 Å². The van der Waals surface area contributed by atoms with Crippen molar-refractivity contribution in [3.8, 4) is 0 Å². The number of nitrogens with zero attached hydrogens (tertiary/aromatic N) is 1. The van der Waals surface area contributed by atoms with Crippen molar-refractivity contribution in [1.82, 2.24) is 9.62 Å². The third kappa shape index (κ3) is 5.01. The molecule has 1 aliphatic heterocycles. The maximum atomic E-state index is 13.2. The average Bonchev–Trinajstić information content (AvgIpc) is 2.73. The van der Waals surface area contributed by atoms with Crippen LogP contribution in [0.25, 0.3) is 0 Å². The van der Waals surface area contributed by atoms with Crippen LogP contribution in [0.1, 0.15) is 35.8 Å². The molecule has 0 spiro atoms. The monoisotopic (exact) mass is 420 g/mol. The second-order valence-electron chi connectivity index (χ2n) is 7.29. The van der Waals surface area contributed by atoms with Gasteiger partial charge < -0.3 is 10.1 Å². The Morgan fingerprint density at radius 3 is 2.38 bits per heavy atom. The highest BCUT2D eigenvalue weighted by atomic mass is 32.2. The van der Waals surface area contributed by atoms with Crippen LogP contribution in [0.5, 0.6) is 0 Å². The topological polar surface area (TPSA) is 75.7 Å². The van der Waals surface area contributed by atoms with Gasteiger partial charge in [0.1, 0.15) is 5.82 Å². The van der Waals surface area contributed by atoms with E-state index in [1.807, 2.05) is 13.8 Å². The van der Waals surface area contributed by atoms with Crippen LogP contribution in [0.15, 0.2) is 53.4 Å². The number of carbonyl (C=O) groups is 1. The molecule has 1 heterocycles. The first kappa shape index (κ1) is 21.4. The average molecular weight is 421 g/mol. The number of morpholine rings is 1. The highest BCUT2D eigenvalue weighted by Crippen LogP contribution is 2.23. The number of halogens is 1. The maximum Gasteiger partial charge on any atom is 0.251 e. The van der Waals surface area contributed by atoms with Gasteiger partial charge in [-0.2, -0.15) is 4.31 Å². The molecule has 0 saturated carbocycles. The smallest absolute Gasteiger partial charge is 0.251 e. The number of carbonyl (C=O) groups excluding carboxylic acids is 1. The Morgan fingerprint density at radius 2 is 1.76 bits per heavy atom. The molecule has 0 radical (unpaired) electrons. The summed E-state index contributed by atoms with van der Waals surface area (Å²) in [6.45, 7) is 5.19. The van der Waals surface area contributed by atoms with E-state index in [0.29, 0.717) is 26.3 Å². The van der Waals surface area contributed by atoms with Crippen molar-refractivity contribution < 1.29 is 22.3 Å². The summed E-state index contributed by atoms with van der Waals surface area (Å²) in [6.07, 6.45) is 0. The van der Waals surface area contributed by atoms with Crippen molar-refractivity contribution in [3.63, 3.8) is 0 Å². The minimum atomic E-state index is -3.69. The zero-order valence-corrected chi connectivity index (χ0v) is 17.3. The van der Waals surface area contributed by atoms with Crippen molar-refractivity contribution in [2.45, 2.75) is 24.8 Å². The van der Waals surface area contributed by atoms with E-state index >= 15 is 0 Å². The van der Waals surface area contributed by atoms with Crippen LogP contribution in [0.4, 0.5) is 4.39 Å².